The molecule has 0 fully saturated rings. The largest absolute Gasteiger partial charge is 0.481 e. The van der Waals surface area contributed by atoms with Gasteiger partial charge in [0.05, 0.1) is 30.9 Å². The van der Waals surface area contributed by atoms with E-state index in [1.165, 1.54) is 0 Å². The SMILES string of the molecule is CC(C)(C#N)CCOC(=O)CCC(=O)O. The predicted octanol–water partition coefficient (Wildman–Crippen LogP) is 1.33. The van der Waals surface area contributed by atoms with E-state index in [1.807, 2.05) is 0 Å². The van der Waals surface area contributed by atoms with E-state index in [2.05, 4.69) is 6.07 Å². The molecule has 1 N–H and O–H groups in total. The highest BCUT2D eigenvalue weighted by atomic mass is 16.5. The highest BCUT2D eigenvalue weighted by Gasteiger charge is 2.17. The maximum absolute atomic E-state index is 11.0. The molecule has 0 spiro atoms. The van der Waals surface area contributed by atoms with Crippen molar-refractivity contribution in [1.82, 2.24) is 0 Å². The molecule has 0 aromatic heterocycles. The molecule has 5 nitrogen and oxygen atoms in total. The monoisotopic (exact) mass is 213 g/mol. The second-order valence-corrected chi connectivity index (χ2v) is 3.86. The van der Waals surface area contributed by atoms with Crippen LogP contribution in [-0.2, 0) is 14.3 Å². The second kappa shape index (κ2) is 6.02. The van der Waals surface area contributed by atoms with E-state index in [0.717, 1.165) is 0 Å². The molecule has 0 saturated carbocycles. The average Bonchev–Trinajstić information content (AvgIpc) is 2.14. The molecule has 0 aromatic rings. The third-order valence-corrected chi connectivity index (χ3v) is 1.84. The Morgan fingerprint density at radius 1 is 1.40 bits per heavy atom. The first-order chi connectivity index (χ1) is 6.87. The number of hydrogen-bond acceptors (Lipinski definition) is 4. The molecule has 0 heterocycles. The predicted molar refractivity (Wildman–Crippen MR) is 51.8 cm³/mol. The van der Waals surface area contributed by atoms with Gasteiger partial charge < -0.3 is 9.84 Å². The van der Waals surface area contributed by atoms with Crippen molar-refractivity contribution in [2.45, 2.75) is 33.1 Å². The number of aliphatic carboxylic acids is 1. The Balaban J connectivity index is 3.65. The topological polar surface area (TPSA) is 87.4 Å². The summed E-state index contributed by atoms with van der Waals surface area (Å²) in [4.78, 5) is 21.1. The maximum Gasteiger partial charge on any atom is 0.306 e. The fourth-order valence-corrected chi connectivity index (χ4v) is 0.757. The van der Waals surface area contributed by atoms with Crippen molar-refractivity contribution in [1.29, 1.82) is 5.26 Å². The Morgan fingerprint density at radius 2 is 2.00 bits per heavy atom. The smallest absolute Gasteiger partial charge is 0.306 e. The van der Waals surface area contributed by atoms with Crippen LogP contribution in [0.25, 0.3) is 0 Å². The summed E-state index contributed by atoms with van der Waals surface area (Å²) in [7, 11) is 0. The van der Waals surface area contributed by atoms with E-state index < -0.39 is 17.4 Å². The molecule has 0 atom stereocenters. The highest BCUT2D eigenvalue weighted by molar-refractivity contribution is 5.76. The van der Waals surface area contributed by atoms with Crippen LogP contribution in [0, 0.1) is 16.7 Å². The number of nitrogens with zero attached hydrogens (tertiary/aromatic N) is 1. The standard InChI is InChI=1S/C10H15NO4/c1-10(2,7-11)5-6-15-9(14)4-3-8(12)13/h3-6H2,1-2H3,(H,12,13). The average molecular weight is 213 g/mol. The third-order valence-electron chi connectivity index (χ3n) is 1.84. The fraction of sp³-hybridized carbons (Fsp3) is 0.700. The Hall–Kier alpha value is -1.57. The summed E-state index contributed by atoms with van der Waals surface area (Å²) < 4.78 is 4.78. The Kier molecular flexibility index (Phi) is 5.39. The Bertz CT molecular complexity index is 278. The van der Waals surface area contributed by atoms with Crippen LogP contribution in [0.15, 0.2) is 0 Å². The summed E-state index contributed by atoms with van der Waals surface area (Å²) in [5, 5.41) is 17.0. The number of carboxylic acids is 1. The van der Waals surface area contributed by atoms with Crippen molar-refractivity contribution >= 4 is 11.9 Å². The number of carbonyl (C=O) groups excluding carboxylic acids is 1. The lowest BCUT2D eigenvalue weighted by atomic mass is 9.92. The number of hydrogen-bond donors (Lipinski definition) is 1. The molecular formula is C10H15NO4. The molecule has 0 aliphatic heterocycles. The molecule has 0 aliphatic carbocycles. The first-order valence-corrected chi connectivity index (χ1v) is 4.66. The zero-order chi connectivity index (χ0) is 11.9. The molecular weight excluding hydrogens is 198 g/mol. The second-order valence-electron chi connectivity index (χ2n) is 3.86. The van der Waals surface area contributed by atoms with Crippen LogP contribution in [-0.4, -0.2) is 23.7 Å². The van der Waals surface area contributed by atoms with Crippen LogP contribution >= 0.6 is 0 Å². The maximum atomic E-state index is 11.0. The van der Waals surface area contributed by atoms with Crippen molar-refractivity contribution in [2.24, 2.45) is 5.41 Å². The zero-order valence-corrected chi connectivity index (χ0v) is 8.95. The van der Waals surface area contributed by atoms with Gasteiger partial charge in [0.2, 0.25) is 0 Å². The van der Waals surface area contributed by atoms with Gasteiger partial charge in [-0.3, -0.25) is 9.59 Å². The summed E-state index contributed by atoms with van der Waals surface area (Å²) in [6, 6.07) is 2.08. The number of carbonyl (C=O) groups is 2. The van der Waals surface area contributed by atoms with Gasteiger partial charge in [0.25, 0.3) is 0 Å². The summed E-state index contributed by atoms with van der Waals surface area (Å²) in [5.74, 6) is -1.56. The number of carboxylic acid groups (broad SMARTS) is 1. The Morgan fingerprint density at radius 3 is 2.47 bits per heavy atom. The molecule has 0 amide bonds. The molecule has 84 valence electrons. The van der Waals surface area contributed by atoms with Crippen molar-refractivity contribution in [3.05, 3.63) is 0 Å². The van der Waals surface area contributed by atoms with Crippen molar-refractivity contribution in [2.75, 3.05) is 6.61 Å². The zero-order valence-electron chi connectivity index (χ0n) is 8.95. The van der Waals surface area contributed by atoms with Crippen LogP contribution in [0.4, 0.5) is 0 Å². The molecule has 0 radical (unpaired) electrons. The quantitative estimate of drug-likeness (QED) is 0.672. The third kappa shape index (κ3) is 7.50. The van der Waals surface area contributed by atoms with Gasteiger partial charge >= 0.3 is 11.9 Å². The minimum atomic E-state index is -1.02. The lowest BCUT2D eigenvalue weighted by Crippen LogP contribution is -2.15. The van der Waals surface area contributed by atoms with Gasteiger partial charge in [-0.1, -0.05) is 0 Å². The number of nitriles is 1. The van der Waals surface area contributed by atoms with Crippen LogP contribution in [0.3, 0.4) is 0 Å². The van der Waals surface area contributed by atoms with Crippen LogP contribution in [0.2, 0.25) is 0 Å². The van der Waals surface area contributed by atoms with E-state index >= 15 is 0 Å². The molecule has 0 unspecified atom stereocenters. The van der Waals surface area contributed by atoms with Gasteiger partial charge in [-0.05, 0) is 20.3 Å². The van der Waals surface area contributed by atoms with Gasteiger partial charge in [-0.2, -0.15) is 5.26 Å². The summed E-state index contributed by atoms with van der Waals surface area (Å²) in [6.07, 6.45) is 0.102. The summed E-state index contributed by atoms with van der Waals surface area (Å²) >= 11 is 0. The van der Waals surface area contributed by atoms with E-state index in [1.54, 1.807) is 13.8 Å². The van der Waals surface area contributed by atoms with Crippen LogP contribution < -0.4 is 0 Å². The van der Waals surface area contributed by atoms with Gasteiger partial charge in [-0.25, -0.2) is 0 Å². The van der Waals surface area contributed by atoms with E-state index in [9.17, 15) is 9.59 Å². The lowest BCUT2D eigenvalue weighted by Gasteiger charge is -2.14. The van der Waals surface area contributed by atoms with E-state index in [4.69, 9.17) is 15.1 Å². The van der Waals surface area contributed by atoms with Gasteiger partial charge in [0.1, 0.15) is 0 Å². The molecule has 0 aromatic carbocycles. The minimum absolute atomic E-state index is 0.123. The number of esters is 1. The molecule has 0 saturated heterocycles. The first kappa shape index (κ1) is 13.4. The van der Waals surface area contributed by atoms with Crippen molar-refractivity contribution < 1.29 is 19.4 Å². The number of ether oxygens (including phenoxy) is 1. The molecule has 5 heteroatoms. The summed E-state index contributed by atoms with van der Waals surface area (Å²) in [6.45, 7) is 3.65. The number of rotatable bonds is 6. The van der Waals surface area contributed by atoms with Crippen molar-refractivity contribution in [3.63, 3.8) is 0 Å². The van der Waals surface area contributed by atoms with Crippen molar-refractivity contribution in [3.8, 4) is 6.07 Å². The van der Waals surface area contributed by atoms with E-state index in [0.29, 0.717) is 6.42 Å². The van der Waals surface area contributed by atoms with Crippen LogP contribution in [0.5, 0.6) is 0 Å². The molecule has 0 aliphatic rings. The van der Waals surface area contributed by atoms with Crippen LogP contribution in [0.1, 0.15) is 33.1 Å². The van der Waals surface area contributed by atoms with Gasteiger partial charge in [0, 0.05) is 0 Å². The van der Waals surface area contributed by atoms with Gasteiger partial charge in [-0.15, -0.1) is 0 Å². The molecule has 15 heavy (non-hydrogen) atoms. The first-order valence-electron chi connectivity index (χ1n) is 4.66. The molecule has 0 bridgehead atoms. The summed E-state index contributed by atoms with van der Waals surface area (Å²) in [5.41, 5.74) is -0.521. The van der Waals surface area contributed by atoms with Gasteiger partial charge in [0.15, 0.2) is 0 Å². The fourth-order valence-electron chi connectivity index (χ4n) is 0.757. The highest BCUT2D eigenvalue weighted by Crippen LogP contribution is 2.18. The molecule has 0 rings (SSSR count). The lowest BCUT2D eigenvalue weighted by molar-refractivity contribution is -0.148. The normalized spacial score (nSPS) is 10.5. The van der Waals surface area contributed by atoms with E-state index in [-0.39, 0.29) is 19.4 Å². The minimum Gasteiger partial charge on any atom is -0.481 e. The Labute approximate surface area is 88.6 Å².